The van der Waals surface area contributed by atoms with E-state index >= 15 is 0 Å². The lowest BCUT2D eigenvalue weighted by Gasteiger charge is -2.01. The van der Waals surface area contributed by atoms with Crippen molar-refractivity contribution in [3.8, 4) is 0 Å². The fourth-order valence-electron chi connectivity index (χ4n) is 3.04. The van der Waals surface area contributed by atoms with Gasteiger partial charge in [0.05, 0.1) is 0 Å². The van der Waals surface area contributed by atoms with E-state index in [1.54, 1.807) is 6.92 Å². The summed E-state index contributed by atoms with van der Waals surface area (Å²) in [5, 5.41) is 0. The van der Waals surface area contributed by atoms with Crippen molar-refractivity contribution in [3.05, 3.63) is 70.2 Å². The fourth-order valence-corrected chi connectivity index (χ4v) is 3.30. The van der Waals surface area contributed by atoms with Crippen LogP contribution in [0.2, 0.25) is 0 Å². The number of rotatable bonds is 4. The number of hydrogen-bond donors (Lipinski definition) is 0. The van der Waals surface area contributed by atoms with Gasteiger partial charge in [0.2, 0.25) is 0 Å². The summed E-state index contributed by atoms with van der Waals surface area (Å²) in [6.45, 7) is 1.58. The number of halogens is 1. The Morgan fingerprint density at radius 3 is 2.10 bits per heavy atom. The van der Waals surface area contributed by atoms with Gasteiger partial charge in [-0.05, 0) is 24.6 Å². The summed E-state index contributed by atoms with van der Waals surface area (Å²) in [5.41, 5.74) is 1.75. The van der Waals surface area contributed by atoms with Crippen molar-refractivity contribution in [3.63, 3.8) is 0 Å². The van der Waals surface area contributed by atoms with Crippen molar-refractivity contribution in [2.45, 2.75) is 12.8 Å². The number of hydrogen-bond acceptors (Lipinski definition) is 2. The Morgan fingerprint density at radius 2 is 1.52 bits per heavy atom. The predicted octanol–water partition coefficient (Wildman–Crippen LogP) is 4.25. The molecule has 0 unspecified atom stereocenters. The van der Waals surface area contributed by atoms with E-state index in [-0.39, 0.29) is 29.3 Å². The highest BCUT2D eigenvalue weighted by atomic mass is 79.9. The van der Waals surface area contributed by atoms with E-state index in [1.165, 1.54) is 0 Å². The maximum Gasteiger partial charge on any atom is 0.167 e. The lowest BCUT2D eigenvalue weighted by Crippen LogP contribution is -2.06. The van der Waals surface area contributed by atoms with Crippen LogP contribution in [0.4, 0.5) is 0 Å². The zero-order valence-electron chi connectivity index (χ0n) is 11.6. The van der Waals surface area contributed by atoms with Gasteiger partial charge in [-0.15, -0.1) is 0 Å². The molecule has 106 valence electrons. The summed E-state index contributed by atoms with van der Waals surface area (Å²) in [4.78, 5) is 24.5. The van der Waals surface area contributed by atoms with Gasteiger partial charge in [-0.2, -0.15) is 0 Å². The van der Waals surface area contributed by atoms with Crippen molar-refractivity contribution in [2.75, 3.05) is 0 Å². The van der Waals surface area contributed by atoms with Gasteiger partial charge in [0.15, 0.2) is 5.78 Å². The maximum absolute atomic E-state index is 12.6. The zero-order chi connectivity index (χ0) is 15.0. The van der Waals surface area contributed by atoms with Gasteiger partial charge in [0.25, 0.3) is 0 Å². The Kier molecular flexibility index (Phi) is 3.77. The minimum Gasteiger partial charge on any atom is -0.300 e. The van der Waals surface area contributed by atoms with Crippen LogP contribution in [0.3, 0.4) is 0 Å². The van der Waals surface area contributed by atoms with Gasteiger partial charge < -0.3 is 0 Å². The van der Waals surface area contributed by atoms with Gasteiger partial charge in [0.1, 0.15) is 5.78 Å². The van der Waals surface area contributed by atoms with E-state index in [2.05, 4.69) is 15.9 Å². The third-order valence-electron chi connectivity index (χ3n) is 4.11. The molecule has 0 saturated heterocycles. The first-order valence-electron chi connectivity index (χ1n) is 6.95. The SMILES string of the molecule is CC(=O)[C@@H]1[C@H](C(=O)c2ccccc2)[C@H]1c1ccc(Br)cc1. The molecule has 2 nitrogen and oxygen atoms in total. The molecule has 1 aliphatic rings. The number of Topliss-reactive ketones (excluding diaryl/α,β-unsaturated/α-hetero) is 2. The van der Waals surface area contributed by atoms with E-state index in [4.69, 9.17) is 0 Å². The molecule has 0 heterocycles. The Morgan fingerprint density at radius 1 is 0.905 bits per heavy atom. The molecule has 1 saturated carbocycles. The largest absolute Gasteiger partial charge is 0.300 e. The summed E-state index contributed by atoms with van der Waals surface area (Å²) in [6, 6.07) is 17.1. The summed E-state index contributed by atoms with van der Waals surface area (Å²) >= 11 is 3.41. The van der Waals surface area contributed by atoms with Crippen LogP contribution >= 0.6 is 15.9 Å². The first-order valence-corrected chi connectivity index (χ1v) is 7.74. The molecular formula is C18H15BrO2. The van der Waals surface area contributed by atoms with Crippen molar-refractivity contribution in [1.29, 1.82) is 0 Å². The van der Waals surface area contributed by atoms with Gasteiger partial charge >= 0.3 is 0 Å². The van der Waals surface area contributed by atoms with Crippen molar-refractivity contribution >= 4 is 27.5 Å². The number of benzene rings is 2. The molecule has 0 bridgehead atoms. The molecule has 1 aliphatic carbocycles. The van der Waals surface area contributed by atoms with Crippen LogP contribution in [0.25, 0.3) is 0 Å². The molecule has 3 atom stereocenters. The fraction of sp³-hybridized carbons (Fsp3) is 0.222. The van der Waals surface area contributed by atoms with Crippen LogP contribution in [0.5, 0.6) is 0 Å². The number of carbonyl (C=O) groups excluding carboxylic acids is 2. The maximum atomic E-state index is 12.6. The molecule has 0 radical (unpaired) electrons. The van der Waals surface area contributed by atoms with Crippen molar-refractivity contribution in [2.24, 2.45) is 11.8 Å². The summed E-state index contributed by atoms with van der Waals surface area (Å²) < 4.78 is 0.997. The highest BCUT2D eigenvalue weighted by molar-refractivity contribution is 9.10. The molecule has 3 heteroatoms. The summed E-state index contributed by atoms with van der Waals surface area (Å²) in [7, 11) is 0. The minimum absolute atomic E-state index is 0.0170. The van der Waals surface area contributed by atoms with Crippen molar-refractivity contribution < 1.29 is 9.59 Å². The summed E-state index contributed by atoms with van der Waals surface area (Å²) in [6.07, 6.45) is 0. The van der Waals surface area contributed by atoms with Crippen LogP contribution in [-0.4, -0.2) is 11.6 Å². The van der Waals surface area contributed by atoms with E-state index in [9.17, 15) is 9.59 Å². The van der Waals surface area contributed by atoms with E-state index in [1.807, 2.05) is 54.6 Å². The predicted molar refractivity (Wildman–Crippen MR) is 85.3 cm³/mol. The Balaban J connectivity index is 1.89. The molecule has 2 aromatic rings. The highest BCUT2D eigenvalue weighted by Crippen LogP contribution is 2.55. The van der Waals surface area contributed by atoms with E-state index < -0.39 is 0 Å². The third kappa shape index (κ3) is 2.70. The Hall–Kier alpha value is -1.74. The first-order chi connectivity index (χ1) is 10.1. The minimum atomic E-state index is -0.217. The second-order valence-corrected chi connectivity index (χ2v) is 6.39. The van der Waals surface area contributed by atoms with E-state index in [0.29, 0.717) is 5.56 Å². The monoisotopic (exact) mass is 342 g/mol. The highest BCUT2D eigenvalue weighted by Gasteiger charge is 2.57. The Bertz CT molecular complexity index is 676. The second kappa shape index (κ2) is 5.57. The molecule has 0 amide bonds. The van der Waals surface area contributed by atoms with Gasteiger partial charge in [-0.25, -0.2) is 0 Å². The quantitative estimate of drug-likeness (QED) is 0.778. The van der Waals surface area contributed by atoms with E-state index in [0.717, 1.165) is 10.0 Å². The molecule has 2 aromatic carbocycles. The lowest BCUT2D eigenvalue weighted by atomic mass is 10.0. The second-order valence-electron chi connectivity index (χ2n) is 5.47. The number of ketones is 2. The Labute approximate surface area is 132 Å². The molecule has 21 heavy (non-hydrogen) atoms. The number of carbonyl (C=O) groups is 2. The average Bonchev–Trinajstić information content (AvgIpc) is 3.24. The van der Waals surface area contributed by atoms with Crippen LogP contribution in [0.15, 0.2) is 59.1 Å². The van der Waals surface area contributed by atoms with Crippen LogP contribution in [0, 0.1) is 11.8 Å². The first kappa shape index (κ1) is 14.2. The smallest absolute Gasteiger partial charge is 0.167 e. The van der Waals surface area contributed by atoms with Gasteiger partial charge in [0, 0.05) is 27.8 Å². The van der Waals surface area contributed by atoms with Gasteiger partial charge in [-0.1, -0.05) is 58.4 Å². The van der Waals surface area contributed by atoms with Crippen LogP contribution in [0.1, 0.15) is 28.8 Å². The molecular weight excluding hydrogens is 328 g/mol. The molecule has 0 aliphatic heterocycles. The molecule has 3 rings (SSSR count). The molecule has 0 spiro atoms. The standard InChI is InChI=1S/C18H15BrO2/c1-11(20)15-16(12-7-9-14(19)10-8-12)17(15)18(21)13-5-3-2-4-6-13/h2-10,15-17H,1H3/t15-,16-,17-/m0/s1. The zero-order valence-corrected chi connectivity index (χ0v) is 13.2. The summed E-state index contributed by atoms with van der Waals surface area (Å²) in [5.74, 6) is -0.214. The third-order valence-corrected chi connectivity index (χ3v) is 4.63. The molecule has 1 fully saturated rings. The average molecular weight is 343 g/mol. The van der Waals surface area contributed by atoms with Crippen LogP contribution < -0.4 is 0 Å². The normalized spacial score (nSPS) is 23.6. The molecule has 0 aromatic heterocycles. The topological polar surface area (TPSA) is 34.1 Å². The van der Waals surface area contributed by atoms with Crippen LogP contribution in [-0.2, 0) is 4.79 Å². The van der Waals surface area contributed by atoms with Crippen molar-refractivity contribution in [1.82, 2.24) is 0 Å². The van der Waals surface area contributed by atoms with Gasteiger partial charge in [-0.3, -0.25) is 9.59 Å². The lowest BCUT2D eigenvalue weighted by molar-refractivity contribution is -0.118. The molecule has 0 N–H and O–H groups in total.